The van der Waals surface area contributed by atoms with Crippen molar-refractivity contribution in [1.82, 2.24) is 10.2 Å². The highest BCUT2D eigenvalue weighted by Gasteiger charge is 2.35. The Balaban J connectivity index is 2.21. The van der Waals surface area contributed by atoms with E-state index in [0.717, 1.165) is 10.5 Å². The number of halogens is 3. The molecule has 1 radical (unpaired) electrons. The molecular weight excluding hydrogens is 261 g/mol. The number of nitrogens with zero attached hydrogens (tertiary/aromatic N) is 1. The van der Waals surface area contributed by atoms with Crippen molar-refractivity contribution < 1.29 is 13.2 Å². The zero-order valence-electron chi connectivity index (χ0n) is 9.51. The number of hydrogen-bond acceptors (Lipinski definition) is 2. The maximum Gasteiger partial charge on any atom is 0.433 e. The van der Waals surface area contributed by atoms with E-state index < -0.39 is 11.9 Å². The first-order valence-corrected chi connectivity index (χ1v) is 6.38. The molecule has 1 aromatic carbocycles. The lowest BCUT2D eigenvalue weighted by Crippen LogP contribution is -2.09. The Hall–Kier alpha value is -1.43. The summed E-state index contributed by atoms with van der Waals surface area (Å²) < 4.78 is 37.8. The van der Waals surface area contributed by atoms with Crippen LogP contribution >= 0.6 is 11.8 Å². The summed E-state index contributed by atoms with van der Waals surface area (Å²) in [5.74, 6) is 0. The van der Waals surface area contributed by atoms with E-state index in [4.69, 9.17) is 0 Å². The lowest BCUT2D eigenvalue weighted by atomic mass is 10.1. The predicted molar refractivity (Wildman–Crippen MR) is 63.5 cm³/mol. The lowest BCUT2D eigenvalue weighted by molar-refractivity contribution is -0.141. The highest BCUT2D eigenvalue weighted by Crippen LogP contribution is 2.31. The summed E-state index contributed by atoms with van der Waals surface area (Å²) >= 11 is 1.59. The summed E-state index contributed by atoms with van der Waals surface area (Å²) in [7, 11) is 0. The summed E-state index contributed by atoms with van der Waals surface area (Å²) in [5.41, 5.74) is 0.0202. The topological polar surface area (TPSA) is 28.7 Å². The second kappa shape index (κ2) is 5.06. The van der Waals surface area contributed by atoms with E-state index in [2.05, 4.69) is 11.3 Å². The fourth-order valence-electron chi connectivity index (χ4n) is 1.58. The van der Waals surface area contributed by atoms with Gasteiger partial charge in [0, 0.05) is 16.9 Å². The van der Waals surface area contributed by atoms with Crippen molar-refractivity contribution in [3.8, 4) is 0 Å². The van der Waals surface area contributed by atoms with Gasteiger partial charge in [-0.2, -0.15) is 18.3 Å². The minimum atomic E-state index is -4.42. The number of alkyl halides is 3. The molecule has 0 unspecified atom stereocenters. The number of nitrogens with one attached hydrogen (secondary N) is 1. The Morgan fingerprint density at radius 1 is 1.28 bits per heavy atom. The van der Waals surface area contributed by atoms with Crippen molar-refractivity contribution in [3.05, 3.63) is 47.3 Å². The van der Waals surface area contributed by atoms with E-state index >= 15 is 0 Å². The van der Waals surface area contributed by atoms with Gasteiger partial charge in [-0.3, -0.25) is 5.10 Å². The average molecular weight is 271 g/mol. The van der Waals surface area contributed by atoms with Crippen LogP contribution in [0.15, 0.2) is 29.2 Å². The number of hydrogen-bond donors (Lipinski definition) is 1. The Labute approximate surface area is 107 Å². The first-order valence-electron chi connectivity index (χ1n) is 5.16. The molecule has 1 N–H and O–H groups in total. The van der Waals surface area contributed by atoms with E-state index in [9.17, 15) is 13.2 Å². The van der Waals surface area contributed by atoms with Crippen LogP contribution in [-0.2, 0) is 12.6 Å². The number of aromatic nitrogens is 2. The Morgan fingerprint density at radius 3 is 2.50 bits per heavy atom. The van der Waals surface area contributed by atoms with Crippen molar-refractivity contribution in [3.63, 3.8) is 0 Å². The Bertz CT molecular complexity index is 517. The molecule has 2 rings (SSSR count). The number of aromatic amines is 1. The van der Waals surface area contributed by atoms with Crippen molar-refractivity contribution in [1.29, 1.82) is 0 Å². The lowest BCUT2D eigenvalue weighted by Gasteiger charge is -2.07. The SMILES string of the molecule is CSc1ccc(Cc2[c]n[nH]c2C(F)(F)F)cc1. The van der Waals surface area contributed by atoms with Gasteiger partial charge in [-0.25, -0.2) is 0 Å². The van der Waals surface area contributed by atoms with Gasteiger partial charge < -0.3 is 0 Å². The number of H-pyrrole nitrogens is 1. The molecule has 0 amide bonds. The summed E-state index contributed by atoms with van der Waals surface area (Å²) in [6, 6.07) is 7.39. The zero-order valence-corrected chi connectivity index (χ0v) is 10.3. The second-order valence-corrected chi connectivity index (χ2v) is 4.59. The van der Waals surface area contributed by atoms with Gasteiger partial charge in [0.2, 0.25) is 0 Å². The molecule has 0 saturated heterocycles. The smallest absolute Gasteiger partial charge is 0.273 e. The Kier molecular flexibility index (Phi) is 3.65. The highest BCUT2D eigenvalue weighted by molar-refractivity contribution is 7.98. The monoisotopic (exact) mass is 271 g/mol. The Morgan fingerprint density at radius 2 is 1.94 bits per heavy atom. The second-order valence-electron chi connectivity index (χ2n) is 3.71. The molecule has 0 bridgehead atoms. The molecule has 1 heterocycles. The third-order valence-electron chi connectivity index (χ3n) is 2.48. The standard InChI is InChI=1S/C12H10F3N2S/c1-18-10-4-2-8(3-5-10)6-9-7-16-17-11(9)12(13,14)15/h2-5H,6H2,1H3,(H,16,17). The molecule has 0 atom stereocenters. The van der Waals surface area contributed by atoms with Crippen molar-refractivity contribution in [2.45, 2.75) is 17.5 Å². The molecular formula is C12H10F3N2S. The van der Waals surface area contributed by atoms with Gasteiger partial charge in [0.25, 0.3) is 0 Å². The van der Waals surface area contributed by atoms with Gasteiger partial charge in [-0.05, 0) is 24.0 Å². The first kappa shape index (κ1) is 13.0. The molecule has 0 aliphatic carbocycles. The van der Waals surface area contributed by atoms with Crippen molar-refractivity contribution >= 4 is 11.8 Å². The first-order chi connectivity index (χ1) is 8.50. The van der Waals surface area contributed by atoms with Crippen LogP contribution in [0.2, 0.25) is 0 Å². The number of thioether (sulfide) groups is 1. The molecule has 0 spiro atoms. The minimum Gasteiger partial charge on any atom is -0.273 e. The molecule has 0 aliphatic heterocycles. The quantitative estimate of drug-likeness (QED) is 0.865. The van der Waals surface area contributed by atoms with Gasteiger partial charge in [0.1, 0.15) is 11.9 Å². The zero-order chi connectivity index (χ0) is 13.2. The van der Waals surface area contributed by atoms with Crippen LogP contribution in [0.4, 0.5) is 13.2 Å². The van der Waals surface area contributed by atoms with Crippen LogP contribution in [0.5, 0.6) is 0 Å². The van der Waals surface area contributed by atoms with Gasteiger partial charge in [0.05, 0.1) is 0 Å². The summed E-state index contributed by atoms with van der Waals surface area (Å²) in [4.78, 5) is 1.07. The fourth-order valence-corrected chi connectivity index (χ4v) is 1.99. The third kappa shape index (κ3) is 2.87. The van der Waals surface area contributed by atoms with Crippen LogP contribution in [0.25, 0.3) is 0 Å². The minimum absolute atomic E-state index is 0.0411. The predicted octanol–water partition coefficient (Wildman–Crippen LogP) is 3.54. The van der Waals surface area contributed by atoms with Gasteiger partial charge in [0.15, 0.2) is 0 Å². The molecule has 2 nitrogen and oxygen atoms in total. The molecule has 6 heteroatoms. The maximum absolute atomic E-state index is 12.6. The average Bonchev–Trinajstić information content (AvgIpc) is 2.78. The van der Waals surface area contributed by atoms with Crippen LogP contribution in [0.3, 0.4) is 0 Å². The van der Waals surface area contributed by atoms with Crippen LogP contribution in [0, 0.1) is 6.20 Å². The van der Waals surface area contributed by atoms with E-state index in [1.54, 1.807) is 11.8 Å². The normalized spacial score (nSPS) is 11.8. The van der Waals surface area contributed by atoms with Crippen LogP contribution < -0.4 is 0 Å². The van der Waals surface area contributed by atoms with Crippen LogP contribution in [-0.4, -0.2) is 16.5 Å². The maximum atomic E-state index is 12.6. The van der Waals surface area contributed by atoms with E-state index in [1.165, 1.54) is 0 Å². The van der Waals surface area contributed by atoms with E-state index in [0.29, 0.717) is 0 Å². The van der Waals surface area contributed by atoms with E-state index in [-0.39, 0.29) is 12.0 Å². The van der Waals surface area contributed by atoms with E-state index in [1.807, 2.05) is 35.6 Å². The third-order valence-corrected chi connectivity index (χ3v) is 3.23. The fraction of sp³-hybridized carbons (Fsp3) is 0.250. The molecule has 95 valence electrons. The molecule has 0 aliphatic rings. The molecule has 18 heavy (non-hydrogen) atoms. The highest BCUT2D eigenvalue weighted by atomic mass is 32.2. The van der Waals surface area contributed by atoms with Crippen LogP contribution in [0.1, 0.15) is 16.8 Å². The largest absolute Gasteiger partial charge is 0.433 e. The molecule has 2 aromatic rings. The molecule has 0 saturated carbocycles. The molecule has 0 fully saturated rings. The molecule has 1 aromatic heterocycles. The summed E-state index contributed by atoms with van der Waals surface area (Å²) in [6.07, 6.45) is 0.0552. The van der Waals surface area contributed by atoms with Gasteiger partial charge in [-0.1, -0.05) is 12.1 Å². The number of rotatable bonds is 3. The van der Waals surface area contributed by atoms with Gasteiger partial charge >= 0.3 is 6.18 Å². The summed E-state index contributed by atoms with van der Waals surface area (Å²) in [5, 5.41) is 5.30. The van der Waals surface area contributed by atoms with Crippen molar-refractivity contribution in [2.24, 2.45) is 0 Å². The van der Waals surface area contributed by atoms with Gasteiger partial charge in [-0.15, -0.1) is 11.8 Å². The summed E-state index contributed by atoms with van der Waals surface area (Å²) in [6.45, 7) is 0. The number of benzene rings is 1. The van der Waals surface area contributed by atoms with Crippen molar-refractivity contribution in [2.75, 3.05) is 6.26 Å².